The molecule has 0 bridgehead atoms. The fourth-order valence-electron chi connectivity index (χ4n) is 2.13. The molecule has 0 aliphatic rings. The fourth-order valence-corrected chi connectivity index (χ4v) is 2.53. The molecule has 0 radical (unpaired) electrons. The number of rotatable bonds is 3. The van der Waals surface area contributed by atoms with Crippen molar-refractivity contribution in [1.29, 1.82) is 0 Å². The molecule has 7 nitrogen and oxygen atoms in total. The van der Waals surface area contributed by atoms with Crippen LogP contribution < -0.4 is 5.84 Å². The normalized spacial score (nSPS) is 9.83. The number of amides is 1. The Morgan fingerprint density at radius 1 is 1.07 bits per heavy atom. The van der Waals surface area contributed by atoms with Crippen LogP contribution >= 0.6 is 48.0 Å². The third-order valence-corrected chi connectivity index (χ3v) is 4.26. The van der Waals surface area contributed by atoms with Crippen molar-refractivity contribution in [1.82, 2.24) is 5.01 Å². The summed E-state index contributed by atoms with van der Waals surface area (Å²) in [6, 6.07) is 11.5. The predicted molar refractivity (Wildman–Crippen MR) is 124 cm³/mol. The van der Waals surface area contributed by atoms with Gasteiger partial charge in [-0.25, -0.2) is 5.84 Å². The van der Waals surface area contributed by atoms with E-state index in [0.29, 0.717) is 5.56 Å². The highest BCUT2D eigenvalue weighted by Crippen LogP contribution is 2.31. The van der Waals surface area contributed by atoms with Crippen LogP contribution in [0.5, 0.6) is 0 Å². The summed E-state index contributed by atoms with van der Waals surface area (Å²) in [6.45, 7) is 6.79. The van der Waals surface area contributed by atoms with Crippen molar-refractivity contribution >= 4 is 64.9 Å². The van der Waals surface area contributed by atoms with Crippen molar-refractivity contribution in [3.05, 3.63) is 74.3 Å². The van der Waals surface area contributed by atoms with Gasteiger partial charge in [0.2, 0.25) is 0 Å². The van der Waals surface area contributed by atoms with Crippen LogP contribution in [0.1, 0.15) is 47.1 Å². The van der Waals surface area contributed by atoms with Crippen LogP contribution in [0.3, 0.4) is 0 Å². The van der Waals surface area contributed by atoms with E-state index in [1.54, 1.807) is 45.0 Å². The summed E-state index contributed by atoms with van der Waals surface area (Å²) in [5, 5.41) is 11.6. The Kier molecular flexibility index (Phi) is 12.8. The van der Waals surface area contributed by atoms with Crippen LogP contribution in [-0.2, 0) is 0 Å². The monoisotopic (exact) mass is 497 g/mol. The average Bonchev–Trinajstić information content (AvgIpc) is 2.61. The maximum atomic E-state index is 12.2. The summed E-state index contributed by atoms with van der Waals surface area (Å²) in [7, 11) is 0. The maximum Gasteiger partial charge on any atom is 0.291 e. The van der Waals surface area contributed by atoms with Crippen molar-refractivity contribution in [3.8, 4) is 0 Å². The zero-order valence-corrected chi connectivity index (χ0v) is 19.9. The molecule has 1 amide bonds. The highest BCUT2D eigenvalue weighted by atomic mass is 35.5. The summed E-state index contributed by atoms with van der Waals surface area (Å²) in [6.07, 6.45) is 0. The predicted octanol–water partition coefficient (Wildman–Crippen LogP) is 5.58. The van der Waals surface area contributed by atoms with Crippen molar-refractivity contribution in [2.75, 3.05) is 0 Å². The van der Waals surface area contributed by atoms with Gasteiger partial charge in [-0.05, 0) is 51.4 Å². The zero-order valence-electron chi connectivity index (χ0n) is 16.7. The van der Waals surface area contributed by atoms with Crippen LogP contribution in [-0.4, -0.2) is 26.6 Å². The highest BCUT2D eigenvalue weighted by Gasteiger charge is 2.29. The molecule has 0 unspecified atom stereocenters. The zero-order chi connectivity index (χ0) is 21.6. The van der Waals surface area contributed by atoms with E-state index in [0.717, 1.165) is 5.01 Å². The molecule has 0 atom stereocenters. The molecule has 2 rings (SSSR count). The number of halogens is 4. The van der Waals surface area contributed by atoms with E-state index < -0.39 is 21.6 Å². The molecule has 2 aromatic rings. The first-order valence-electron chi connectivity index (χ1n) is 8.15. The molecule has 2 N–H and O–H groups in total. The summed E-state index contributed by atoms with van der Waals surface area (Å²) < 4.78 is 0. The number of hydrogen-bond acceptors (Lipinski definition) is 5. The van der Waals surface area contributed by atoms with Crippen LogP contribution in [0.2, 0.25) is 5.02 Å². The van der Waals surface area contributed by atoms with Crippen LogP contribution in [0.4, 0.5) is 5.69 Å². The van der Waals surface area contributed by atoms with Gasteiger partial charge in [0.05, 0.1) is 16.0 Å². The second-order valence-electron chi connectivity index (χ2n) is 6.81. The van der Waals surface area contributed by atoms with Gasteiger partial charge in [0.15, 0.2) is 0 Å². The Balaban J connectivity index is 0. The topological polar surface area (TPSA) is 107 Å². The Hall–Kier alpha value is -1.90. The van der Waals surface area contributed by atoms with E-state index in [1.807, 2.05) is 6.07 Å². The van der Waals surface area contributed by atoms with Gasteiger partial charge >= 0.3 is 0 Å². The minimum atomic E-state index is -0.605. The van der Waals surface area contributed by atoms with E-state index in [2.05, 4.69) is 0 Å². The molecule has 2 aromatic carbocycles. The van der Waals surface area contributed by atoms with Gasteiger partial charge < -0.3 is 0 Å². The quantitative estimate of drug-likeness (QED) is 0.195. The lowest BCUT2D eigenvalue weighted by atomic mass is 10.0. The minimum Gasteiger partial charge on any atom is -0.276 e. The Morgan fingerprint density at radius 3 is 1.93 bits per heavy atom. The van der Waals surface area contributed by atoms with Crippen molar-refractivity contribution in [2.45, 2.75) is 33.2 Å². The Labute approximate surface area is 197 Å². The van der Waals surface area contributed by atoms with Gasteiger partial charge in [0.25, 0.3) is 16.8 Å². The molecule has 0 saturated heterocycles. The molecule has 30 heavy (non-hydrogen) atoms. The molecule has 0 fully saturated rings. The lowest BCUT2D eigenvalue weighted by Gasteiger charge is -2.31. The largest absolute Gasteiger partial charge is 0.291 e. The summed E-state index contributed by atoms with van der Waals surface area (Å²) in [5.74, 6) is 5.26. The molecule has 0 heterocycles. The number of hydrazine groups is 1. The molecular weight excluding hydrogens is 476 g/mol. The van der Waals surface area contributed by atoms with E-state index in [1.165, 1.54) is 19.1 Å². The van der Waals surface area contributed by atoms with Crippen LogP contribution in [0.25, 0.3) is 0 Å². The third kappa shape index (κ3) is 8.08. The van der Waals surface area contributed by atoms with Gasteiger partial charge in [-0.1, -0.05) is 41.9 Å². The number of nitro groups is 1. The molecule has 0 aliphatic heterocycles. The van der Waals surface area contributed by atoms with Gasteiger partial charge in [-0.15, -0.1) is 24.8 Å². The van der Waals surface area contributed by atoms with Crippen molar-refractivity contribution < 1.29 is 14.5 Å². The number of benzene rings is 2. The molecule has 0 aromatic heterocycles. The third-order valence-electron chi connectivity index (χ3n) is 3.74. The van der Waals surface area contributed by atoms with Gasteiger partial charge in [-0.2, -0.15) is 0 Å². The first-order valence-corrected chi connectivity index (χ1v) is 8.91. The Morgan fingerprint density at radius 2 is 1.57 bits per heavy atom. The van der Waals surface area contributed by atoms with Gasteiger partial charge in [-0.3, -0.25) is 24.7 Å². The summed E-state index contributed by atoms with van der Waals surface area (Å²) >= 11 is 10.9. The molecule has 0 saturated carbocycles. The molecule has 0 spiro atoms. The van der Waals surface area contributed by atoms with Gasteiger partial charge in [0.1, 0.15) is 5.02 Å². The van der Waals surface area contributed by atoms with Crippen molar-refractivity contribution in [2.24, 2.45) is 5.84 Å². The number of carbonyl (C=O) groups is 2. The van der Waals surface area contributed by atoms with Crippen LogP contribution in [0.15, 0.2) is 42.5 Å². The van der Waals surface area contributed by atoms with Gasteiger partial charge in [0, 0.05) is 11.1 Å². The lowest BCUT2D eigenvalue weighted by molar-refractivity contribution is -0.385. The first-order chi connectivity index (χ1) is 12.9. The minimum absolute atomic E-state index is 0. The summed E-state index contributed by atoms with van der Waals surface area (Å²) in [4.78, 5) is 33.0. The number of nitrogens with two attached hydrogens (primary N) is 1. The second-order valence-corrected chi connectivity index (χ2v) is 7.56. The average molecular weight is 499 g/mol. The first kappa shape index (κ1) is 30.3. The fraction of sp³-hybridized carbons (Fsp3) is 0.263. The number of hydrogen-bond donors (Lipinski definition) is 1. The molecule has 0 aliphatic carbocycles. The molecule has 166 valence electrons. The maximum absolute atomic E-state index is 12.2. The molecular formula is C19H23Cl4N3O4. The van der Waals surface area contributed by atoms with E-state index in [9.17, 15) is 19.7 Å². The highest BCUT2D eigenvalue weighted by molar-refractivity contribution is 6.67. The van der Waals surface area contributed by atoms with Crippen LogP contribution in [0, 0.1) is 17.0 Å². The number of carbonyl (C=O) groups excluding carboxylic acids is 2. The number of nitro benzene ring substituents is 1. The molecule has 11 heteroatoms. The van der Waals surface area contributed by atoms with E-state index in [4.69, 9.17) is 29.0 Å². The number of nitrogens with zero attached hydrogens (tertiary/aromatic N) is 2. The smallest absolute Gasteiger partial charge is 0.276 e. The lowest BCUT2D eigenvalue weighted by Crippen LogP contribution is -2.50. The second kappa shape index (κ2) is 12.7. The van der Waals surface area contributed by atoms with E-state index in [-0.39, 0.29) is 46.7 Å². The standard InChI is InChI=1S/C12H16ClN3O3.C7H5ClO.2ClH/c1-7-8(11(17)15(14)12(2,3)4)5-6-9(13)10(7)16(18)19;8-7(9)6-4-2-1-3-5-6;;/h5-6H,14H2,1-4H3;1-5H;2*1H. The summed E-state index contributed by atoms with van der Waals surface area (Å²) in [5.41, 5.74) is 0.0718. The Bertz CT molecular complexity index is 887. The SMILES string of the molecule is Cc1c(C(=O)N(N)C(C)(C)C)ccc(Cl)c1[N+](=O)[O-].Cl.Cl.O=C(Cl)c1ccccc1. The van der Waals surface area contributed by atoms with Crippen molar-refractivity contribution in [3.63, 3.8) is 0 Å². The van der Waals surface area contributed by atoms with E-state index >= 15 is 0 Å².